The smallest absolute Gasteiger partial charge is 0.408 e. The number of nitrogens with two attached hydrogens (primary N) is 2. The number of sulfonamides is 1. The number of ketones is 4. The summed E-state index contributed by atoms with van der Waals surface area (Å²) in [7, 11) is 1.03. The number of nitrogens with one attached hydrogen (secondary N) is 4. The van der Waals surface area contributed by atoms with E-state index in [1.807, 2.05) is 63.1 Å². The molecule has 11 atom stereocenters. The van der Waals surface area contributed by atoms with E-state index in [9.17, 15) is 51.6 Å². The average molecular weight is 1350 g/mol. The number of amides is 6. The third-order valence-corrected chi connectivity index (χ3v) is 19.9. The van der Waals surface area contributed by atoms with Gasteiger partial charge in [-0.15, -0.1) is 11.3 Å². The van der Waals surface area contributed by atoms with Crippen LogP contribution < -0.4 is 32.1 Å². The lowest BCUT2D eigenvalue weighted by Gasteiger charge is -2.41. The number of Topliss-reactive ketones (excluding diaryl/α,β-unsaturated/α-hetero) is 4. The van der Waals surface area contributed by atoms with Crippen molar-refractivity contribution in [1.82, 2.24) is 35.5 Å². The molecule has 6 amide bonds. The predicted octanol–water partition coefficient (Wildman–Crippen LogP) is 7.61. The zero-order chi connectivity index (χ0) is 70.0. The van der Waals surface area contributed by atoms with Crippen molar-refractivity contribution in [1.29, 1.82) is 0 Å². The normalized spacial score (nSPS) is 16.8. The predicted molar refractivity (Wildman–Crippen MR) is 363 cm³/mol. The molecule has 3 aromatic rings. The van der Waals surface area contributed by atoms with Gasteiger partial charge >= 0.3 is 12.1 Å². The maximum absolute atomic E-state index is 14.8. The Bertz CT molecular complexity index is 3040. The standard InChI is InChI=1S/C69H107N9O14S2/c1-14-45(6)62(59(90-11)41-61(83)78-34-21-26-55(78)63(91-12)46(7)56(79)38-50(65-72-33-35-93-65)36-47-22-16-15-17-23-47)77(10)66(85)52(44(4)5)40-60(82)69(8,9)75-68(87)92-42-49-29-27-48(28-30-49)37-57(80)53(25-20-32-73-67(71)86)74-64(84)51(43(2)3)39-58(81)54(24-18-19-31-70)76-94(13,88)89/h15-17,22-23,27-30,33,35,43-46,50-55,59,62-63,76H,14,18-21,24-26,31-32,34,36-42,70H2,1-13H3,(H,74,84)(H,75,87)(H3,71,73,86)/t45-,46-,50+,51-,52-,53-,54+,55-,59+,62-,63+/m0/s1. The maximum Gasteiger partial charge on any atom is 0.408 e. The van der Waals surface area contributed by atoms with Crippen LogP contribution >= 0.6 is 11.3 Å². The van der Waals surface area contributed by atoms with Crippen molar-refractivity contribution >= 4 is 74.3 Å². The number of nitrogens with zero attached hydrogens (tertiary/aromatic N) is 3. The topological polar surface area (TPSA) is 335 Å². The average Bonchev–Trinajstić information content (AvgIpc) is 1.40. The zero-order valence-corrected chi connectivity index (χ0v) is 59.2. The highest BCUT2D eigenvalue weighted by Gasteiger charge is 2.44. The first-order chi connectivity index (χ1) is 44.4. The Kier molecular flexibility index (Phi) is 33.1. The minimum atomic E-state index is -3.76. The first-order valence-corrected chi connectivity index (χ1v) is 35.8. The van der Waals surface area contributed by atoms with Crippen LogP contribution in [0.2, 0.25) is 0 Å². The fourth-order valence-corrected chi connectivity index (χ4v) is 13.9. The summed E-state index contributed by atoms with van der Waals surface area (Å²) in [5, 5.41) is 10.8. The van der Waals surface area contributed by atoms with E-state index in [1.165, 1.54) is 32.3 Å². The van der Waals surface area contributed by atoms with Gasteiger partial charge in [0.1, 0.15) is 12.4 Å². The van der Waals surface area contributed by atoms with Crippen LogP contribution in [0.15, 0.2) is 66.2 Å². The lowest BCUT2D eigenvalue weighted by Crippen LogP contribution is -2.55. The summed E-state index contributed by atoms with van der Waals surface area (Å²) < 4.78 is 44.5. The van der Waals surface area contributed by atoms with Gasteiger partial charge < -0.3 is 51.4 Å². The number of carbonyl (C=O) groups excluding carboxylic acids is 9. The second-order valence-electron chi connectivity index (χ2n) is 26.5. The van der Waals surface area contributed by atoms with E-state index < -0.39 is 93.2 Å². The molecule has 1 saturated heterocycles. The van der Waals surface area contributed by atoms with Crippen LogP contribution in [0.4, 0.5) is 9.59 Å². The summed E-state index contributed by atoms with van der Waals surface area (Å²) in [6, 6.07) is 12.9. The molecule has 2 heterocycles. The van der Waals surface area contributed by atoms with Crippen LogP contribution in [0, 0.1) is 35.5 Å². The number of primary amides is 1. The summed E-state index contributed by atoms with van der Waals surface area (Å²) >= 11 is 1.53. The molecular formula is C69H107N9O14S2. The Balaban J connectivity index is 1.38. The molecule has 0 aliphatic carbocycles. The molecule has 4 rings (SSSR count). The fourth-order valence-electron chi connectivity index (χ4n) is 12.4. The van der Waals surface area contributed by atoms with Gasteiger partial charge in [0.15, 0.2) is 17.3 Å². The molecule has 0 saturated carbocycles. The number of aromatic nitrogens is 1. The molecule has 1 aromatic heterocycles. The van der Waals surface area contributed by atoms with Crippen molar-refractivity contribution in [3.8, 4) is 0 Å². The minimum Gasteiger partial charge on any atom is -0.445 e. The lowest BCUT2D eigenvalue weighted by atomic mass is 9.83. The molecule has 1 fully saturated rings. The summed E-state index contributed by atoms with van der Waals surface area (Å²) in [6.45, 7) is 16.9. The largest absolute Gasteiger partial charge is 0.445 e. The second kappa shape index (κ2) is 38.9. The monoisotopic (exact) mass is 1350 g/mol. The van der Waals surface area contributed by atoms with Crippen molar-refractivity contribution in [2.75, 3.05) is 47.2 Å². The molecular weight excluding hydrogens is 1240 g/mol. The van der Waals surface area contributed by atoms with E-state index >= 15 is 0 Å². The van der Waals surface area contributed by atoms with Gasteiger partial charge in [0.2, 0.25) is 27.7 Å². The number of thiazole rings is 1. The van der Waals surface area contributed by atoms with Crippen LogP contribution in [0.3, 0.4) is 0 Å². The van der Waals surface area contributed by atoms with E-state index in [0.29, 0.717) is 56.3 Å². The van der Waals surface area contributed by atoms with Crippen LogP contribution in [0.25, 0.3) is 0 Å². The van der Waals surface area contributed by atoms with Gasteiger partial charge in [-0.25, -0.2) is 27.7 Å². The van der Waals surface area contributed by atoms with Crippen molar-refractivity contribution in [2.24, 2.45) is 47.0 Å². The molecule has 0 radical (unpaired) electrons. The molecule has 25 heteroatoms. The number of carbonyl (C=O) groups is 9. The van der Waals surface area contributed by atoms with E-state index in [4.69, 9.17) is 25.7 Å². The molecule has 0 unspecified atom stereocenters. The van der Waals surface area contributed by atoms with E-state index in [2.05, 4.69) is 37.8 Å². The number of likely N-dealkylation sites (tertiary alicyclic amines) is 1. The van der Waals surface area contributed by atoms with E-state index in [1.54, 1.807) is 63.4 Å². The van der Waals surface area contributed by atoms with Gasteiger partial charge in [-0.3, -0.25) is 33.6 Å². The van der Waals surface area contributed by atoms with Gasteiger partial charge in [0.25, 0.3) is 0 Å². The molecule has 8 N–H and O–H groups in total. The van der Waals surface area contributed by atoms with Crippen molar-refractivity contribution < 1.29 is 65.8 Å². The summed E-state index contributed by atoms with van der Waals surface area (Å²) in [5.74, 6) is -5.42. The minimum absolute atomic E-state index is 0.0323. The van der Waals surface area contributed by atoms with Gasteiger partial charge in [0.05, 0.1) is 59.6 Å². The number of ether oxygens (including phenoxy) is 3. The molecule has 524 valence electrons. The molecule has 2 aromatic carbocycles. The fraction of sp³-hybridized carbons (Fsp3) is 0.652. The SMILES string of the molecule is CC[C@H](C)[C@@H]([C@@H](CC(=O)N1CCC[C@H]1[C@H](OC)[C@@H](C)C(=O)C[C@@H](Cc1ccccc1)c1nccs1)OC)N(C)C(=O)[C@@H](CC(=O)C(C)(C)NC(=O)OCc1ccc(CC(=O)[C@H](CCCNC(N)=O)NC(=O)[C@@H](CC(=O)[C@@H](CCCCN)NS(C)(=O)=O)C(C)C)cc1)C(C)C. The van der Waals surface area contributed by atoms with Crippen molar-refractivity contribution in [3.63, 3.8) is 0 Å². The number of hydrogen-bond donors (Lipinski definition) is 6. The van der Waals surface area contributed by atoms with Crippen molar-refractivity contribution in [2.45, 2.75) is 207 Å². The Hall–Kier alpha value is -6.51. The van der Waals surface area contributed by atoms with Crippen LogP contribution in [0.1, 0.15) is 167 Å². The highest BCUT2D eigenvalue weighted by molar-refractivity contribution is 7.88. The maximum atomic E-state index is 14.8. The molecule has 1 aliphatic rings. The van der Waals surface area contributed by atoms with E-state index in [0.717, 1.165) is 23.2 Å². The van der Waals surface area contributed by atoms with Gasteiger partial charge in [-0.2, -0.15) is 0 Å². The second-order valence-corrected chi connectivity index (χ2v) is 29.2. The van der Waals surface area contributed by atoms with Crippen LogP contribution in [-0.4, -0.2) is 165 Å². The number of urea groups is 1. The highest BCUT2D eigenvalue weighted by Crippen LogP contribution is 2.34. The molecule has 94 heavy (non-hydrogen) atoms. The molecule has 23 nitrogen and oxygen atoms in total. The number of unbranched alkanes of at least 4 members (excludes halogenated alkanes) is 1. The summed E-state index contributed by atoms with van der Waals surface area (Å²) in [6.07, 6.45) is 4.50. The molecule has 0 bridgehead atoms. The zero-order valence-electron chi connectivity index (χ0n) is 57.6. The third kappa shape index (κ3) is 25.2. The molecule has 0 spiro atoms. The summed E-state index contributed by atoms with van der Waals surface area (Å²) in [4.78, 5) is 132. The van der Waals surface area contributed by atoms with Gasteiger partial charge in [0, 0.05) is 95.3 Å². The summed E-state index contributed by atoms with van der Waals surface area (Å²) in [5.41, 5.74) is 11.6. The number of benzene rings is 2. The number of rotatable bonds is 43. The lowest BCUT2D eigenvalue weighted by molar-refractivity contribution is -0.149. The van der Waals surface area contributed by atoms with Crippen molar-refractivity contribution in [3.05, 3.63) is 87.9 Å². The third-order valence-electron chi connectivity index (χ3n) is 18.3. The molecule has 1 aliphatic heterocycles. The van der Waals surface area contributed by atoms with Gasteiger partial charge in [-0.05, 0) is 99.8 Å². The van der Waals surface area contributed by atoms with Crippen LogP contribution in [0.5, 0.6) is 0 Å². The highest BCUT2D eigenvalue weighted by atomic mass is 32.2. The number of likely N-dealkylation sites (N-methyl/N-ethyl adjacent to an activating group) is 1. The number of methoxy groups -OCH3 is 2. The number of alkyl carbamates (subject to hydrolysis) is 1. The Morgan fingerprint density at radius 3 is 2.02 bits per heavy atom. The van der Waals surface area contributed by atoms with Crippen LogP contribution in [-0.2, 0) is 77.2 Å². The first kappa shape index (κ1) is 79.9. The Morgan fingerprint density at radius 1 is 0.798 bits per heavy atom. The quantitative estimate of drug-likeness (QED) is 0.0297. The first-order valence-electron chi connectivity index (χ1n) is 33.1. The Morgan fingerprint density at radius 2 is 1.45 bits per heavy atom. The van der Waals surface area contributed by atoms with Gasteiger partial charge in [-0.1, -0.05) is 116 Å². The van der Waals surface area contributed by atoms with E-state index in [-0.39, 0.29) is 118 Å². The number of hydrogen-bond acceptors (Lipinski definition) is 17. The Labute approximate surface area is 561 Å².